The van der Waals surface area contributed by atoms with Crippen molar-refractivity contribution in [3.05, 3.63) is 24.3 Å². The molecule has 8 heteroatoms. The van der Waals surface area contributed by atoms with Crippen molar-refractivity contribution in [2.24, 2.45) is 11.5 Å². The minimum Gasteiger partial charge on any atom is -0.492 e. The van der Waals surface area contributed by atoms with Crippen molar-refractivity contribution >= 4 is 28.2 Å². The summed E-state index contributed by atoms with van der Waals surface area (Å²) in [7, 11) is -3.26. The Morgan fingerprint density at radius 3 is 2.60 bits per heavy atom. The summed E-state index contributed by atoms with van der Waals surface area (Å²) < 4.78 is 28.1. The van der Waals surface area contributed by atoms with Crippen LogP contribution in [0.25, 0.3) is 0 Å². The van der Waals surface area contributed by atoms with Crippen LogP contribution >= 0.6 is 12.4 Å². The van der Waals surface area contributed by atoms with Crippen LogP contribution in [0.1, 0.15) is 12.8 Å². The first-order valence-corrected chi connectivity index (χ1v) is 7.65. The number of benzene rings is 1. The number of rotatable bonds is 7. The molecule has 0 radical (unpaired) electrons. The van der Waals surface area contributed by atoms with Gasteiger partial charge in [0.25, 0.3) is 0 Å². The minimum absolute atomic E-state index is 0. The van der Waals surface area contributed by atoms with Crippen molar-refractivity contribution < 1.29 is 17.9 Å². The zero-order valence-corrected chi connectivity index (χ0v) is 12.7. The van der Waals surface area contributed by atoms with Gasteiger partial charge in [-0.15, -0.1) is 12.4 Å². The number of ether oxygens (including phenoxy) is 1. The van der Waals surface area contributed by atoms with Gasteiger partial charge in [-0.25, -0.2) is 8.42 Å². The molecule has 0 aromatic heterocycles. The Balaban J connectivity index is 0.00000361. The van der Waals surface area contributed by atoms with Crippen LogP contribution in [0, 0.1) is 0 Å². The van der Waals surface area contributed by atoms with E-state index in [2.05, 4.69) is 0 Å². The second kappa shape index (κ2) is 8.08. The normalized spacial score (nSPS) is 12.3. The first-order valence-electron chi connectivity index (χ1n) is 5.76. The number of carbonyl (C=O) groups excluding carboxylic acids is 1. The molecule has 0 saturated carbocycles. The third-order valence-corrected chi connectivity index (χ3v) is 3.57. The van der Waals surface area contributed by atoms with Gasteiger partial charge in [-0.2, -0.15) is 0 Å². The second-order valence-electron chi connectivity index (χ2n) is 4.32. The summed E-state index contributed by atoms with van der Waals surface area (Å²) >= 11 is 0. The van der Waals surface area contributed by atoms with Crippen LogP contribution in [-0.4, -0.2) is 33.2 Å². The number of halogens is 1. The zero-order valence-electron chi connectivity index (χ0n) is 11.1. The van der Waals surface area contributed by atoms with Crippen molar-refractivity contribution in [3.8, 4) is 5.75 Å². The van der Waals surface area contributed by atoms with E-state index in [0.717, 1.165) is 6.26 Å². The monoisotopic (exact) mass is 322 g/mol. The van der Waals surface area contributed by atoms with E-state index in [1.54, 1.807) is 12.1 Å². The van der Waals surface area contributed by atoms with Crippen molar-refractivity contribution in [1.82, 2.24) is 0 Å². The van der Waals surface area contributed by atoms with E-state index in [1.807, 2.05) is 0 Å². The van der Waals surface area contributed by atoms with E-state index < -0.39 is 15.7 Å². The number of carbonyl (C=O) groups is 1. The van der Waals surface area contributed by atoms with Crippen molar-refractivity contribution in [1.29, 1.82) is 0 Å². The molecular formula is C12H19ClN2O4S. The molecule has 0 saturated heterocycles. The van der Waals surface area contributed by atoms with Crippen molar-refractivity contribution in [2.75, 3.05) is 12.9 Å². The molecule has 6 nitrogen and oxygen atoms in total. The summed E-state index contributed by atoms with van der Waals surface area (Å²) in [6.07, 6.45) is 1.76. The van der Waals surface area contributed by atoms with Gasteiger partial charge < -0.3 is 16.2 Å². The molecule has 0 aliphatic rings. The summed E-state index contributed by atoms with van der Waals surface area (Å²) in [6, 6.07) is 5.86. The Kier molecular flexibility index (Phi) is 7.55. The van der Waals surface area contributed by atoms with E-state index in [4.69, 9.17) is 16.2 Å². The van der Waals surface area contributed by atoms with E-state index >= 15 is 0 Å². The fourth-order valence-corrected chi connectivity index (χ4v) is 2.06. The number of primary amides is 1. The minimum atomic E-state index is -3.26. The lowest BCUT2D eigenvalue weighted by Gasteiger charge is -2.12. The summed E-state index contributed by atoms with van der Waals surface area (Å²) in [6.45, 7) is 0.195. The zero-order chi connectivity index (χ0) is 14.5. The highest BCUT2D eigenvalue weighted by molar-refractivity contribution is 7.90. The summed E-state index contributed by atoms with van der Waals surface area (Å²) in [5.41, 5.74) is 10.8. The SMILES string of the molecule is CS(=O)(=O)c1cccc(OCC(N)CCC(N)=O)c1.Cl. The molecule has 1 atom stereocenters. The highest BCUT2D eigenvalue weighted by Crippen LogP contribution is 2.17. The van der Waals surface area contributed by atoms with Crippen LogP contribution in [0.3, 0.4) is 0 Å². The number of amides is 1. The van der Waals surface area contributed by atoms with Crippen LogP contribution < -0.4 is 16.2 Å². The maximum atomic E-state index is 11.4. The van der Waals surface area contributed by atoms with Crippen LogP contribution in [-0.2, 0) is 14.6 Å². The van der Waals surface area contributed by atoms with E-state index in [-0.39, 0.29) is 36.4 Å². The van der Waals surface area contributed by atoms with E-state index in [0.29, 0.717) is 12.2 Å². The fourth-order valence-electron chi connectivity index (χ4n) is 1.41. The largest absolute Gasteiger partial charge is 0.492 e. The third-order valence-electron chi connectivity index (χ3n) is 2.46. The predicted molar refractivity (Wildman–Crippen MR) is 78.7 cm³/mol. The van der Waals surface area contributed by atoms with Gasteiger partial charge in [0.2, 0.25) is 5.91 Å². The Bertz CT molecular complexity index is 548. The lowest BCUT2D eigenvalue weighted by atomic mass is 10.2. The van der Waals surface area contributed by atoms with Gasteiger partial charge in [0, 0.05) is 18.7 Å². The van der Waals surface area contributed by atoms with Gasteiger partial charge >= 0.3 is 0 Å². The average Bonchev–Trinajstić information content (AvgIpc) is 2.33. The van der Waals surface area contributed by atoms with Gasteiger partial charge in [-0.3, -0.25) is 4.79 Å². The first kappa shape index (κ1) is 18.7. The Hall–Kier alpha value is -1.31. The first-order chi connectivity index (χ1) is 8.79. The summed E-state index contributed by atoms with van der Waals surface area (Å²) in [4.78, 5) is 10.8. The van der Waals surface area contributed by atoms with Crippen molar-refractivity contribution in [2.45, 2.75) is 23.8 Å². The molecule has 0 bridgehead atoms. The molecule has 0 heterocycles. The van der Waals surface area contributed by atoms with Gasteiger partial charge in [-0.1, -0.05) is 6.07 Å². The highest BCUT2D eigenvalue weighted by atomic mass is 35.5. The van der Waals surface area contributed by atoms with Gasteiger partial charge in [0.1, 0.15) is 12.4 Å². The van der Waals surface area contributed by atoms with Gasteiger partial charge in [0.05, 0.1) is 4.90 Å². The molecule has 1 rings (SSSR count). The molecule has 1 aromatic carbocycles. The fraction of sp³-hybridized carbons (Fsp3) is 0.417. The summed E-state index contributed by atoms with van der Waals surface area (Å²) in [5, 5.41) is 0. The molecule has 1 amide bonds. The molecule has 0 fully saturated rings. The molecule has 0 aliphatic heterocycles. The molecule has 0 aliphatic carbocycles. The smallest absolute Gasteiger partial charge is 0.217 e. The molecule has 1 aromatic rings. The predicted octanol–water partition coefficient (Wildman–Crippen LogP) is 0.484. The number of sulfone groups is 1. The number of hydrogen-bond acceptors (Lipinski definition) is 5. The van der Waals surface area contributed by atoms with Crippen LogP contribution in [0.4, 0.5) is 0 Å². The maximum Gasteiger partial charge on any atom is 0.217 e. The standard InChI is InChI=1S/C12H18N2O4S.ClH/c1-19(16,17)11-4-2-3-10(7-11)18-8-9(13)5-6-12(14)15;/h2-4,7,9H,5-6,8,13H2,1H3,(H2,14,15);1H. The lowest BCUT2D eigenvalue weighted by Crippen LogP contribution is -2.29. The average molecular weight is 323 g/mol. The maximum absolute atomic E-state index is 11.4. The Morgan fingerprint density at radius 2 is 2.05 bits per heavy atom. The Morgan fingerprint density at radius 1 is 1.40 bits per heavy atom. The second-order valence-corrected chi connectivity index (χ2v) is 6.34. The molecule has 1 unspecified atom stereocenters. The summed E-state index contributed by atoms with van der Waals surface area (Å²) in [5.74, 6) is 0.0203. The van der Waals surface area contributed by atoms with Crippen molar-refractivity contribution in [3.63, 3.8) is 0 Å². The highest BCUT2D eigenvalue weighted by Gasteiger charge is 2.09. The van der Waals surface area contributed by atoms with E-state index in [1.165, 1.54) is 12.1 Å². The van der Waals surface area contributed by atoms with Crippen LogP contribution in [0.5, 0.6) is 5.75 Å². The van der Waals surface area contributed by atoms with E-state index in [9.17, 15) is 13.2 Å². The molecule has 4 N–H and O–H groups in total. The number of hydrogen-bond donors (Lipinski definition) is 2. The molecule has 0 spiro atoms. The van der Waals surface area contributed by atoms with Gasteiger partial charge in [0.15, 0.2) is 9.84 Å². The quantitative estimate of drug-likeness (QED) is 0.758. The lowest BCUT2D eigenvalue weighted by molar-refractivity contribution is -0.118. The third kappa shape index (κ3) is 6.74. The molecule has 114 valence electrons. The number of nitrogens with two attached hydrogens (primary N) is 2. The molecule has 20 heavy (non-hydrogen) atoms. The topological polar surface area (TPSA) is 112 Å². The van der Waals surface area contributed by atoms with Crippen LogP contribution in [0.2, 0.25) is 0 Å². The van der Waals surface area contributed by atoms with Gasteiger partial charge in [-0.05, 0) is 24.6 Å². The molecular weight excluding hydrogens is 304 g/mol. The van der Waals surface area contributed by atoms with Crippen LogP contribution in [0.15, 0.2) is 29.2 Å². The Labute approximate surface area is 124 Å².